The van der Waals surface area contributed by atoms with Crippen LogP contribution in [0.1, 0.15) is 38.8 Å². The Bertz CT molecular complexity index is 1330. The Labute approximate surface area is 223 Å². The third kappa shape index (κ3) is 5.72. The van der Waals surface area contributed by atoms with E-state index in [0.717, 1.165) is 52.4 Å². The van der Waals surface area contributed by atoms with Crippen molar-refractivity contribution in [1.82, 2.24) is 19.9 Å². The van der Waals surface area contributed by atoms with Gasteiger partial charge in [-0.2, -0.15) is 0 Å². The Morgan fingerprint density at radius 1 is 1.22 bits per heavy atom. The monoisotopic (exact) mass is 539 g/mol. The number of aromatic nitrogens is 3. The summed E-state index contributed by atoms with van der Waals surface area (Å²) >= 11 is 4.73. The lowest BCUT2D eigenvalue weighted by atomic mass is 10.1. The predicted octanol–water partition coefficient (Wildman–Crippen LogP) is 5.64. The first-order valence-corrected chi connectivity index (χ1v) is 14.9. The lowest BCUT2D eigenvalue weighted by Gasteiger charge is -2.28. The van der Waals surface area contributed by atoms with Crippen LogP contribution in [0.25, 0.3) is 10.9 Å². The zero-order valence-electron chi connectivity index (χ0n) is 20.6. The topological polar surface area (TPSA) is 71.5 Å². The van der Waals surface area contributed by atoms with Gasteiger partial charge in [0.05, 0.1) is 40.6 Å². The fourth-order valence-electron chi connectivity index (χ4n) is 4.49. The van der Waals surface area contributed by atoms with E-state index in [4.69, 9.17) is 9.72 Å². The maximum absolute atomic E-state index is 13.5. The molecule has 4 heterocycles. The summed E-state index contributed by atoms with van der Waals surface area (Å²) in [4.78, 5) is 33.2. The van der Waals surface area contributed by atoms with Crippen LogP contribution < -0.4 is 4.90 Å². The summed E-state index contributed by atoms with van der Waals surface area (Å²) in [6.45, 7) is 4.41. The van der Waals surface area contributed by atoms with Crippen LogP contribution in [-0.4, -0.2) is 58.3 Å². The van der Waals surface area contributed by atoms with Crippen LogP contribution in [0.2, 0.25) is 0 Å². The van der Waals surface area contributed by atoms with E-state index in [2.05, 4.69) is 50.8 Å². The van der Waals surface area contributed by atoms with E-state index >= 15 is 0 Å². The highest BCUT2D eigenvalue weighted by Gasteiger charge is 2.26. The lowest BCUT2D eigenvalue weighted by molar-refractivity contribution is 0.0511. The summed E-state index contributed by atoms with van der Waals surface area (Å²) in [6.07, 6.45) is 5.77. The number of fused-ring (bicyclic) bond motifs is 1. The molecule has 4 aromatic rings. The van der Waals surface area contributed by atoms with Crippen molar-refractivity contribution < 1.29 is 9.53 Å². The van der Waals surface area contributed by atoms with Gasteiger partial charge in [0.15, 0.2) is 0 Å². The molecule has 10 heteroatoms. The van der Waals surface area contributed by atoms with Crippen LogP contribution in [0.3, 0.4) is 0 Å². The average molecular weight is 540 g/mol. The molecule has 7 nitrogen and oxygen atoms in total. The molecule has 3 aromatic heterocycles. The van der Waals surface area contributed by atoms with Gasteiger partial charge >= 0.3 is 0 Å². The number of anilines is 1. The highest BCUT2D eigenvalue weighted by atomic mass is 32.2. The van der Waals surface area contributed by atoms with Gasteiger partial charge in [0.25, 0.3) is 5.91 Å². The van der Waals surface area contributed by atoms with Gasteiger partial charge in [-0.15, -0.1) is 34.4 Å². The van der Waals surface area contributed by atoms with Crippen LogP contribution in [0.4, 0.5) is 5.82 Å². The van der Waals surface area contributed by atoms with Gasteiger partial charge in [0.2, 0.25) is 0 Å². The number of aryl methyl sites for hydroxylation is 1. The molecule has 0 saturated carbocycles. The van der Waals surface area contributed by atoms with Crippen LogP contribution in [0, 0.1) is 6.92 Å². The molecule has 1 aliphatic heterocycles. The van der Waals surface area contributed by atoms with Crippen molar-refractivity contribution in [2.24, 2.45) is 0 Å². The molecular weight excluding hydrogens is 511 g/mol. The molecule has 1 fully saturated rings. The molecule has 36 heavy (non-hydrogen) atoms. The molecule has 188 valence electrons. The highest BCUT2D eigenvalue weighted by Crippen LogP contribution is 2.29. The zero-order chi connectivity index (χ0) is 25.1. The summed E-state index contributed by atoms with van der Waals surface area (Å²) < 4.78 is 5.90. The maximum Gasteiger partial charge on any atom is 0.265 e. The lowest BCUT2D eigenvalue weighted by Crippen LogP contribution is -2.37. The minimum absolute atomic E-state index is 0.0189. The second-order valence-corrected chi connectivity index (χ2v) is 11.8. The van der Waals surface area contributed by atoms with E-state index in [0.29, 0.717) is 24.5 Å². The number of carbonyl (C=O) groups excluding carboxylic acids is 1. The molecule has 1 aromatic carbocycles. The Morgan fingerprint density at radius 3 is 2.81 bits per heavy atom. The third-order valence-electron chi connectivity index (χ3n) is 6.25. The Balaban J connectivity index is 1.52. The van der Waals surface area contributed by atoms with Crippen molar-refractivity contribution >= 4 is 57.1 Å². The maximum atomic E-state index is 13.5. The second-order valence-electron chi connectivity index (χ2n) is 8.93. The number of amides is 1. The first-order chi connectivity index (χ1) is 17.5. The molecule has 0 spiro atoms. The first-order valence-electron chi connectivity index (χ1n) is 11.9. The minimum atomic E-state index is -0.0189. The quantitative estimate of drug-likeness (QED) is 0.255. The van der Waals surface area contributed by atoms with Crippen LogP contribution >= 0.6 is 34.4 Å². The summed E-state index contributed by atoms with van der Waals surface area (Å²) in [5, 5.41) is 4.20. The van der Waals surface area contributed by atoms with E-state index in [-0.39, 0.29) is 12.0 Å². The molecule has 1 aliphatic rings. The SMILES string of the molecule is CSc1ccc2cc(CN(CC3CCCO3)C(=O)c3cncs3)c(N(C)Cc3csc(C)n3)nc2c1. The number of hydrogen-bond acceptors (Lipinski definition) is 9. The van der Waals surface area contributed by atoms with Crippen molar-refractivity contribution in [1.29, 1.82) is 0 Å². The molecule has 0 radical (unpaired) electrons. The molecule has 0 bridgehead atoms. The van der Waals surface area contributed by atoms with Gasteiger partial charge in [-0.05, 0) is 44.2 Å². The normalized spacial score (nSPS) is 15.5. The minimum Gasteiger partial charge on any atom is -0.376 e. The molecule has 0 aliphatic carbocycles. The summed E-state index contributed by atoms with van der Waals surface area (Å²) in [5.41, 5.74) is 4.67. The smallest absolute Gasteiger partial charge is 0.265 e. The molecule has 5 rings (SSSR count). The van der Waals surface area contributed by atoms with Gasteiger partial charge in [0.1, 0.15) is 10.7 Å². The van der Waals surface area contributed by atoms with Gasteiger partial charge in [-0.3, -0.25) is 9.78 Å². The number of thioether (sulfide) groups is 1. The number of carbonyl (C=O) groups is 1. The second kappa shape index (κ2) is 11.2. The van der Waals surface area contributed by atoms with E-state index < -0.39 is 0 Å². The van der Waals surface area contributed by atoms with Crippen molar-refractivity contribution in [2.75, 3.05) is 31.4 Å². The summed E-state index contributed by atoms with van der Waals surface area (Å²) in [5.74, 6) is 0.843. The number of ether oxygens (including phenoxy) is 1. The zero-order valence-corrected chi connectivity index (χ0v) is 23.1. The van der Waals surface area contributed by atoms with E-state index in [1.165, 1.54) is 16.2 Å². The molecule has 1 amide bonds. The molecular formula is C26H29N5O2S3. The molecule has 0 N–H and O–H groups in total. The average Bonchev–Trinajstić information content (AvgIpc) is 3.66. The Morgan fingerprint density at radius 2 is 2.11 bits per heavy atom. The van der Waals surface area contributed by atoms with Crippen molar-refractivity contribution in [3.8, 4) is 0 Å². The summed E-state index contributed by atoms with van der Waals surface area (Å²) in [7, 11) is 2.04. The van der Waals surface area contributed by atoms with Crippen molar-refractivity contribution in [3.05, 3.63) is 62.5 Å². The number of benzene rings is 1. The standard InChI is InChI=1S/C26H29N5O2S3/c1-17-28-20(15-35-17)13-30(2)25-19(9-18-6-7-22(34-3)10-23(18)29-25)12-31(14-21-5-4-8-33-21)26(32)24-11-27-16-36-24/h6-7,9-11,15-16,21H,4-5,8,12-14H2,1-3H3. The molecule has 1 unspecified atom stereocenters. The van der Waals surface area contributed by atoms with E-state index in [9.17, 15) is 4.79 Å². The molecule has 1 saturated heterocycles. The van der Waals surface area contributed by atoms with Crippen LogP contribution in [-0.2, 0) is 17.8 Å². The fourth-order valence-corrected chi connectivity index (χ4v) is 6.11. The Hall–Kier alpha value is -2.53. The number of thiazole rings is 2. The van der Waals surface area contributed by atoms with Crippen LogP contribution in [0.5, 0.6) is 0 Å². The highest BCUT2D eigenvalue weighted by molar-refractivity contribution is 7.98. The summed E-state index contributed by atoms with van der Waals surface area (Å²) in [6, 6.07) is 8.53. The van der Waals surface area contributed by atoms with Gasteiger partial charge in [-0.25, -0.2) is 9.97 Å². The number of nitrogens with zero attached hydrogens (tertiary/aromatic N) is 5. The number of rotatable bonds is 9. The van der Waals surface area contributed by atoms with E-state index in [1.807, 2.05) is 18.9 Å². The Kier molecular flexibility index (Phi) is 7.85. The largest absolute Gasteiger partial charge is 0.376 e. The fraction of sp³-hybridized carbons (Fsp3) is 0.385. The number of pyridine rings is 1. The van der Waals surface area contributed by atoms with Crippen LogP contribution in [0.15, 0.2) is 46.2 Å². The number of hydrogen-bond donors (Lipinski definition) is 0. The van der Waals surface area contributed by atoms with Crippen molar-refractivity contribution in [3.63, 3.8) is 0 Å². The van der Waals surface area contributed by atoms with Gasteiger partial charge in [-0.1, -0.05) is 6.07 Å². The molecule has 1 atom stereocenters. The van der Waals surface area contributed by atoms with Gasteiger partial charge < -0.3 is 14.5 Å². The third-order valence-corrected chi connectivity index (χ3v) is 8.56. The van der Waals surface area contributed by atoms with Gasteiger partial charge in [0, 0.05) is 48.0 Å². The van der Waals surface area contributed by atoms with E-state index in [1.54, 1.807) is 34.8 Å². The predicted molar refractivity (Wildman–Crippen MR) is 148 cm³/mol. The van der Waals surface area contributed by atoms with Crippen molar-refractivity contribution in [2.45, 2.75) is 43.9 Å². The first kappa shape index (κ1) is 25.1.